The second-order valence-electron chi connectivity index (χ2n) is 4.91. The molecule has 1 unspecified atom stereocenters. The number of hydrogen-bond acceptors (Lipinski definition) is 4. The number of morpholine rings is 1. The molecule has 4 heteroatoms. The lowest BCUT2D eigenvalue weighted by Gasteiger charge is -2.31. The minimum Gasteiger partial charge on any atom is -0.399 e. The highest BCUT2D eigenvalue weighted by Crippen LogP contribution is 2.11. The van der Waals surface area contributed by atoms with Gasteiger partial charge in [-0.25, -0.2) is 0 Å². The number of nitrogen functional groups attached to an aromatic ring is 1. The van der Waals surface area contributed by atoms with Gasteiger partial charge in [0, 0.05) is 18.8 Å². The van der Waals surface area contributed by atoms with E-state index in [0.717, 1.165) is 43.9 Å². The molecule has 1 aliphatic heterocycles. The number of rotatable bonds is 6. The molecule has 1 aromatic carbocycles. The molecule has 0 aromatic heterocycles. The van der Waals surface area contributed by atoms with E-state index in [9.17, 15) is 0 Å². The third kappa shape index (κ3) is 4.49. The number of hydrogen-bond donors (Lipinski definition) is 1. The van der Waals surface area contributed by atoms with E-state index in [1.54, 1.807) is 0 Å². The molecule has 1 heterocycles. The Kier molecular flexibility index (Phi) is 5.63. The van der Waals surface area contributed by atoms with E-state index in [2.05, 4.69) is 17.9 Å². The number of nitrogens with two attached hydrogens (primary N) is 1. The Hall–Kier alpha value is -1.10. The number of para-hydroxylation sites is 1. The van der Waals surface area contributed by atoms with Crippen molar-refractivity contribution in [2.24, 2.45) is 0 Å². The fourth-order valence-electron chi connectivity index (χ4n) is 2.33. The zero-order chi connectivity index (χ0) is 13.5. The van der Waals surface area contributed by atoms with Crippen LogP contribution in [0.3, 0.4) is 0 Å². The summed E-state index contributed by atoms with van der Waals surface area (Å²) >= 11 is 0. The average Bonchev–Trinajstić information content (AvgIpc) is 2.45. The van der Waals surface area contributed by atoms with Gasteiger partial charge in [-0.2, -0.15) is 0 Å². The van der Waals surface area contributed by atoms with E-state index in [-0.39, 0.29) is 6.10 Å². The van der Waals surface area contributed by atoms with Gasteiger partial charge < -0.3 is 15.2 Å². The lowest BCUT2D eigenvalue weighted by molar-refractivity contribution is -0.0674. The fourth-order valence-corrected chi connectivity index (χ4v) is 2.33. The van der Waals surface area contributed by atoms with Gasteiger partial charge in [-0.3, -0.25) is 4.90 Å². The Morgan fingerprint density at radius 3 is 3.05 bits per heavy atom. The predicted octanol–water partition coefficient (Wildman–Crippen LogP) is 1.55. The molecule has 106 valence electrons. The molecule has 1 atom stereocenters. The molecular formula is C15H24N2O2. The van der Waals surface area contributed by atoms with E-state index in [0.29, 0.717) is 13.2 Å². The quantitative estimate of drug-likeness (QED) is 0.625. The van der Waals surface area contributed by atoms with Gasteiger partial charge in [0.25, 0.3) is 0 Å². The first-order valence-corrected chi connectivity index (χ1v) is 7.04. The van der Waals surface area contributed by atoms with E-state index < -0.39 is 0 Å². The number of nitrogens with zero attached hydrogens (tertiary/aromatic N) is 1. The van der Waals surface area contributed by atoms with Crippen LogP contribution in [0.5, 0.6) is 0 Å². The van der Waals surface area contributed by atoms with Crippen LogP contribution in [-0.2, 0) is 15.9 Å². The normalized spacial score (nSPS) is 20.6. The summed E-state index contributed by atoms with van der Waals surface area (Å²) < 4.78 is 11.4. The van der Waals surface area contributed by atoms with Crippen LogP contribution in [0.2, 0.25) is 0 Å². The summed E-state index contributed by atoms with van der Waals surface area (Å²) in [5.74, 6) is 0. The molecular weight excluding hydrogens is 240 g/mol. The third-order valence-electron chi connectivity index (χ3n) is 3.54. The van der Waals surface area contributed by atoms with E-state index in [1.165, 1.54) is 0 Å². The van der Waals surface area contributed by atoms with Crippen LogP contribution in [-0.4, -0.2) is 50.5 Å². The van der Waals surface area contributed by atoms with Crippen molar-refractivity contribution in [3.8, 4) is 0 Å². The van der Waals surface area contributed by atoms with Gasteiger partial charge in [0.2, 0.25) is 0 Å². The summed E-state index contributed by atoms with van der Waals surface area (Å²) in [5, 5.41) is 0. The van der Waals surface area contributed by atoms with Crippen LogP contribution in [0, 0.1) is 0 Å². The maximum atomic E-state index is 5.89. The van der Waals surface area contributed by atoms with Crippen molar-refractivity contribution in [1.29, 1.82) is 0 Å². The van der Waals surface area contributed by atoms with Crippen LogP contribution in [0.1, 0.15) is 12.5 Å². The largest absolute Gasteiger partial charge is 0.399 e. The number of benzene rings is 1. The highest BCUT2D eigenvalue weighted by molar-refractivity contribution is 5.46. The Bertz CT molecular complexity index is 384. The summed E-state index contributed by atoms with van der Waals surface area (Å²) in [6.45, 7) is 7.45. The fraction of sp³-hybridized carbons (Fsp3) is 0.600. The van der Waals surface area contributed by atoms with Gasteiger partial charge in [-0.05, 0) is 24.6 Å². The average molecular weight is 264 g/mol. The molecule has 2 rings (SSSR count). The van der Waals surface area contributed by atoms with Crippen molar-refractivity contribution in [2.75, 3.05) is 45.2 Å². The second kappa shape index (κ2) is 7.48. The topological polar surface area (TPSA) is 47.7 Å². The van der Waals surface area contributed by atoms with Crippen molar-refractivity contribution >= 4 is 5.69 Å². The smallest absolute Gasteiger partial charge is 0.0935 e. The molecule has 0 radical (unpaired) electrons. The van der Waals surface area contributed by atoms with Crippen molar-refractivity contribution in [2.45, 2.75) is 19.4 Å². The molecule has 0 saturated carbocycles. The first kappa shape index (κ1) is 14.3. The molecule has 19 heavy (non-hydrogen) atoms. The molecule has 1 saturated heterocycles. The third-order valence-corrected chi connectivity index (χ3v) is 3.54. The SMILES string of the molecule is CCN1CCOC(COCCc2ccccc2N)C1. The maximum Gasteiger partial charge on any atom is 0.0935 e. The van der Waals surface area contributed by atoms with Crippen LogP contribution < -0.4 is 5.73 Å². The summed E-state index contributed by atoms with van der Waals surface area (Å²) in [6.07, 6.45) is 1.07. The van der Waals surface area contributed by atoms with E-state index >= 15 is 0 Å². The number of likely N-dealkylation sites (N-methyl/N-ethyl adjacent to an activating group) is 1. The molecule has 1 aliphatic rings. The Labute approximate surface area is 115 Å². The zero-order valence-electron chi connectivity index (χ0n) is 11.7. The highest BCUT2D eigenvalue weighted by atomic mass is 16.5. The van der Waals surface area contributed by atoms with Gasteiger partial charge in [0.1, 0.15) is 0 Å². The predicted molar refractivity (Wildman–Crippen MR) is 77.2 cm³/mol. The van der Waals surface area contributed by atoms with Crippen LogP contribution in [0.4, 0.5) is 5.69 Å². The van der Waals surface area contributed by atoms with Crippen molar-refractivity contribution < 1.29 is 9.47 Å². The molecule has 0 bridgehead atoms. The maximum absolute atomic E-state index is 5.89. The Morgan fingerprint density at radius 1 is 1.42 bits per heavy atom. The Morgan fingerprint density at radius 2 is 2.26 bits per heavy atom. The molecule has 2 N–H and O–H groups in total. The van der Waals surface area contributed by atoms with Gasteiger partial charge in [-0.15, -0.1) is 0 Å². The van der Waals surface area contributed by atoms with Crippen molar-refractivity contribution in [3.63, 3.8) is 0 Å². The van der Waals surface area contributed by atoms with Crippen LogP contribution in [0.15, 0.2) is 24.3 Å². The van der Waals surface area contributed by atoms with E-state index in [4.69, 9.17) is 15.2 Å². The van der Waals surface area contributed by atoms with Crippen molar-refractivity contribution in [3.05, 3.63) is 29.8 Å². The van der Waals surface area contributed by atoms with E-state index in [1.807, 2.05) is 18.2 Å². The van der Waals surface area contributed by atoms with Gasteiger partial charge >= 0.3 is 0 Å². The summed E-state index contributed by atoms with van der Waals surface area (Å²) in [5.41, 5.74) is 7.89. The van der Waals surface area contributed by atoms with Gasteiger partial charge in [0.05, 0.1) is 25.9 Å². The Balaban J connectivity index is 1.65. The first-order chi connectivity index (χ1) is 9.29. The van der Waals surface area contributed by atoms with Crippen molar-refractivity contribution in [1.82, 2.24) is 4.90 Å². The zero-order valence-corrected chi connectivity index (χ0v) is 11.7. The minimum atomic E-state index is 0.210. The second-order valence-corrected chi connectivity index (χ2v) is 4.91. The standard InChI is InChI=1S/C15H24N2O2/c1-2-17-8-10-19-14(11-17)12-18-9-7-13-5-3-4-6-15(13)16/h3-6,14H,2,7-12,16H2,1H3. The lowest BCUT2D eigenvalue weighted by atomic mass is 10.1. The highest BCUT2D eigenvalue weighted by Gasteiger charge is 2.19. The molecule has 1 fully saturated rings. The molecule has 4 nitrogen and oxygen atoms in total. The molecule has 1 aromatic rings. The molecule has 0 spiro atoms. The summed E-state index contributed by atoms with van der Waals surface area (Å²) in [6, 6.07) is 7.94. The van der Waals surface area contributed by atoms with Gasteiger partial charge in [-0.1, -0.05) is 25.1 Å². The monoisotopic (exact) mass is 264 g/mol. The van der Waals surface area contributed by atoms with Crippen LogP contribution in [0.25, 0.3) is 0 Å². The first-order valence-electron chi connectivity index (χ1n) is 7.04. The molecule has 0 aliphatic carbocycles. The van der Waals surface area contributed by atoms with Gasteiger partial charge in [0.15, 0.2) is 0 Å². The van der Waals surface area contributed by atoms with Crippen LogP contribution >= 0.6 is 0 Å². The summed E-state index contributed by atoms with van der Waals surface area (Å²) in [4.78, 5) is 2.40. The minimum absolute atomic E-state index is 0.210. The number of anilines is 1. The number of ether oxygens (including phenoxy) is 2. The molecule has 0 amide bonds. The lowest BCUT2D eigenvalue weighted by Crippen LogP contribution is -2.44. The summed E-state index contributed by atoms with van der Waals surface area (Å²) in [7, 11) is 0.